The van der Waals surface area contributed by atoms with Crippen LogP contribution in [0.3, 0.4) is 0 Å². The van der Waals surface area contributed by atoms with Gasteiger partial charge in [-0.15, -0.1) is 0 Å². The van der Waals surface area contributed by atoms with E-state index >= 15 is 0 Å². The third kappa shape index (κ3) is 7.83. The SMILES string of the molecule is CCOCCNc1c(Nc2ccncn2)nc(N2CCNCC2)nc1C(=[NH2+])COCCOCC. The highest BCUT2D eigenvalue weighted by molar-refractivity contribution is 6.02. The van der Waals surface area contributed by atoms with Crippen LogP contribution in [0.2, 0.25) is 0 Å². The van der Waals surface area contributed by atoms with Crippen LogP contribution < -0.4 is 26.3 Å². The summed E-state index contributed by atoms with van der Waals surface area (Å²) in [5.74, 6) is 1.79. The Balaban J connectivity index is 1.91. The van der Waals surface area contributed by atoms with Crippen molar-refractivity contribution in [3.63, 3.8) is 0 Å². The van der Waals surface area contributed by atoms with Gasteiger partial charge in [-0.25, -0.2) is 15.0 Å². The third-order valence-corrected chi connectivity index (χ3v) is 5.02. The second kappa shape index (κ2) is 14.4. The summed E-state index contributed by atoms with van der Waals surface area (Å²) in [7, 11) is 0. The summed E-state index contributed by atoms with van der Waals surface area (Å²) in [6.45, 7) is 10.8. The highest BCUT2D eigenvalue weighted by atomic mass is 16.5. The first-order valence-electron chi connectivity index (χ1n) is 11.7. The van der Waals surface area contributed by atoms with Gasteiger partial charge in [-0.1, -0.05) is 0 Å². The van der Waals surface area contributed by atoms with E-state index in [-0.39, 0.29) is 6.61 Å². The fourth-order valence-electron chi connectivity index (χ4n) is 3.34. The molecular weight excluding hydrogens is 438 g/mol. The zero-order valence-electron chi connectivity index (χ0n) is 20.0. The van der Waals surface area contributed by atoms with E-state index in [1.165, 1.54) is 6.33 Å². The Hall–Kier alpha value is -2.93. The summed E-state index contributed by atoms with van der Waals surface area (Å²) in [6, 6.07) is 1.78. The van der Waals surface area contributed by atoms with Crippen molar-refractivity contribution in [1.29, 1.82) is 0 Å². The van der Waals surface area contributed by atoms with Crippen LogP contribution in [0, 0.1) is 0 Å². The minimum atomic E-state index is 0.220. The maximum Gasteiger partial charge on any atom is 0.228 e. The molecule has 0 saturated carbocycles. The Kier molecular flexibility index (Phi) is 10.8. The molecule has 3 heterocycles. The van der Waals surface area contributed by atoms with Crippen LogP contribution in [0.1, 0.15) is 19.5 Å². The first kappa shape index (κ1) is 25.7. The van der Waals surface area contributed by atoms with Crippen molar-refractivity contribution < 1.29 is 19.6 Å². The van der Waals surface area contributed by atoms with Crippen LogP contribution in [-0.4, -0.2) is 98.0 Å². The van der Waals surface area contributed by atoms with Gasteiger partial charge < -0.3 is 35.1 Å². The van der Waals surface area contributed by atoms with E-state index in [0.29, 0.717) is 74.3 Å². The summed E-state index contributed by atoms with van der Waals surface area (Å²) in [6.07, 6.45) is 3.15. The first-order valence-corrected chi connectivity index (χ1v) is 11.7. The number of nitrogens with zero attached hydrogens (tertiary/aromatic N) is 5. The number of nitrogens with two attached hydrogens (primary N) is 1. The molecule has 186 valence electrons. The van der Waals surface area contributed by atoms with Crippen LogP contribution in [0.15, 0.2) is 18.6 Å². The van der Waals surface area contributed by atoms with E-state index in [2.05, 4.69) is 30.8 Å². The van der Waals surface area contributed by atoms with Crippen molar-refractivity contribution in [2.24, 2.45) is 0 Å². The van der Waals surface area contributed by atoms with Gasteiger partial charge in [0.1, 0.15) is 24.4 Å². The van der Waals surface area contributed by atoms with Gasteiger partial charge in [-0.2, -0.15) is 4.98 Å². The summed E-state index contributed by atoms with van der Waals surface area (Å²) in [5, 5.41) is 16.5. The molecule has 2 aromatic rings. The molecule has 0 radical (unpaired) electrons. The van der Waals surface area contributed by atoms with Crippen LogP contribution in [0.25, 0.3) is 0 Å². The minimum Gasteiger partial charge on any atom is -0.380 e. The smallest absolute Gasteiger partial charge is 0.228 e. The first-order chi connectivity index (χ1) is 16.7. The van der Waals surface area contributed by atoms with Crippen molar-refractivity contribution >= 4 is 29.0 Å². The Bertz CT molecular complexity index is 879. The zero-order valence-corrected chi connectivity index (χ0v) is 20.0. The molecule has 1 saturated heterocycles. The Labute approximate surface area is 200 Å². The van der Waals surface area contributed by atoms with Gasteiger partial charge in [0.15, 0.2) is 11.5 Å². The van der Waals surface area contributed by atoms with Crippen molar-refractivity contribution in [3.05, 3.63) is 24.3 Å². The Morgan fingerprint density at radius 1 is 1.09 bits per heavy atom. The summed E-state index contributed by atoms with van der Waals surface area (Å²) in [4.78, 5) is 20.1. The molecule has 2 aromatic heterocycles. The molecule has 0 atom stereocenters. The maximum atomic E-state index is 6.51. The quantitative estimate of drug-likeness (QED) is 0.195. The van der Waals surface area contributed by atoms with Gasteiger partial charge in [0, 0.05) is 52.1 Å². The van der Waals surface area contributed by atoms with Gasteiger partial charge in [0.2, 0.25) is 11.7 Å². The van der Waals surface area contributed by atoms with Gasteiger partial charge in [-0.3, -0.25) is 5.41 Å². The molecule has 0 amide bonds. The van der Waals surface area contributed by atoms with Crippen LogP contribution in [0.5, 0.6) is 0 Å². The number of rotatable bonds is 15. The molecule has 3 rings (SSSR count). The Morgan fingerprint density at radius 2 is 1.85 bits per heavy atom. The minimum absolute atomic E-state index is 0.220. The molecule has 34 heavy (non-hydrogen) atoms. The summed E-state index contributed by atoms with van der Waals surface area (Å²) < 4.78 is 16.6. The van der Waals surface area contributed by atoms with E-state index in [1.807, 2.05) is 13.8 Å². The fraction of sp³-hybridized carbons (Fsp3) is 0.591. The van der Waals surface area contributed by atoms with E-state index in [0.717, 1.165) is 26.2 Å². The molecule has 1 aliphatic rings. The lowest BCUT2D eigenvalue weighted by molar-refractivity contribution is -0.120. The van der Waals surface area contributed by atoms with Gasteiger partial charge in [-0.05, 0) is 19.9 Å². The summed E-state index contributed by atoms with van der Waals surface area (Å²) >= 11 is 0. The number of anilines is 4. The fourth-order valence-corrected chi connectivity index (χ4v) is 3.34. The van der Waals surface area contributed by atoms with E-state index in [1.54, 1.807) is 12.3 Å². The highest BCUT2D eigenvalue weighted by Gasteiger charge is 2.24. The highest BCUT2D eigenvalue weighted by Crippen LogP contribution is 2.28. The largest absolute Gasteiger partial charge is 0.380 e. The number of nitrogens with one attached hydrogen (secondary N) is 3. The van der Waals surface area contributed by atoms with E-state index in [9.17, 15) is 0 Å². The van der Waals surface area contributed by atoms with Crippen molar-refractivity contribution in [2.45, 2.75) is 13.8 Å². The molecule has 5 N–H and O–H groups in total. The Morgan fingerprint density at radius 3 is 2.59 bits per heavy atom. The molecule has 0 aromatic carbocycles. The number of hydrogen-bond acceptors (Lipinski definition) is 11. The molecule has 1 aliphatic heterocycles. The van der Waals surface area contributed by atoms with Gasteiger partial charge in [0.05, 0.1) is 19.8 Å². The predicted molar refractivity (Wildman–Crippen MR) is 131 cm³/mol. The van der Waals surface area contributed by atoms with E-state index < -0.39 is 0 Å². The molecule has 0 aliphatic carbocycles. The lowest BCUT2D eigenvalue weighted by atomic mass is 10.2. The predicted octanol–water partition coefficient (Wildman–Crippen LogP) is -0.530. The molecule has 12 nitrogen and oxygen atoms in total. The molecule has 1 fully saturated rings. The topological polar surface area (TPSA) is 144 Å². The lowest BCUT2D eigenvalue weighted by Crippen LogP contribution is -2.46. The standard InChI is InChI=1S/C22H35N9O3/c1-3-32-12-9-26-20-19(17(23)15-34-14-13-33-4-2)29-22(31-10-7-24-8-11-31)30-21(20)28-18-5-6-25-16-27-18/h5-6,16,23-24,26H,3-4,7-15H2,1-2H3,(H,25,27,28,29,30)/p+1. The lowest BCUT2D eigenvalue weighted by Gasteiger charge is -2.28. The average Bonchev–Trinajstić information content (AvgIpc) is 2.88. The normalized spacial score (nSPS) is 13.6. The van der Waals surface area contributed by atoms with Gasteiger partial charge in [0.25, 0.3) is 0 Å². The maximum absolute atomic E-state index is 6.51. The third-order valence-electron chi connectivity index (χ3n) is 5.02. The second-order valence-corrected chi connectivity index (χ2v) is 7.45. The number of piperazine rings is 1. The van der Waals surface area contributed by atoms with E-state index in [4.69, 9.17) is 29.6 Å². The number of aromatic nitrogens is 4. The molecule has 12 heteroatoms. The zero-order chi connectivity index (χ0) is 24.0. The molecular formula is C22H36N9O3+. The second-order valence-electron chi connectivity index (χ2n) is 7.45. The monoisotopic (exact) mass is 474 g/mol. The molecule has 0 bridgehead atoms. The van der Waals surface area contributed by atoms with Crippen molar-refractivity contribution in [3.8, 4) is 0 Å². The summed E-state index contributed by atoms with van der Waals surface area (Å²) in [5.41, 5.74) is 1.76. The number of ether oxygens (including phenoxy) is 3. The van der Waals surface area contributed by atoms with Crippen LogP contribution >= 0.6 is 0 Å². The van der Waals surface area contributed by atoms with Crippen LogP contribution in [-0.2, 0) is 14.2 Å². The van der Waals surface area contributed by atoms with Gasteiger partial charge >= 0.3 is 0 Å². The number of hydrogen-bond donors (Lipinski definition) is 4. The average molecular weight is 475 g/mol. The van der Waals surface area contributed by atoms with Crippen LogP contribution in [0.4, 0.5) is 23.3 Å². The molecule has 0 unspecified atom stereocenters. The van der Waals surface area contributed by atoms with Crippen molar-refractivity contribution in [2.75, 3.05) is 87.9 Å². The van der Waals surface area contributed by atoms with Crippen molar-refractivity contribution in [1.82, 2.24) is 25.3 Å². The molecule has 0 spiro atoms.